The molecule has 39 heavy (non-hydrogen) atoms. The van der Waals surface area contributed by atoms with Gasteiger partial charge in [0.2, 0.25) is 6.10 Å². The van der Waals surface area contributed by atoms with Crippen LogP contribution in [0.25, 0.3) is 0 Å². The van der Waals surface area contributed by atoms with Crippen molar-refractivity contribution in [3.05, 3.63) is 95.1 Å². The summed E-state index contributed by atoms with van der Waals surface area (Å²) in [5.74, 6) is -3.14. The van der Waals surface area contributed by atoms with Crippen molar-refractivity contribution in [1.82, 2.24) is 4.90 Å². The lowest BCUT2D eigenvalue weighted by atomic mass is 9.86. The molecule has 0 saturated carbocycles. The molecule has 9 nitrogen and oxygen atoms in total. The Balaban J connectivity index is 2.16. The summed E-state index contributed by atoms with van der Waals surface area (Å²) in [6.45, 7) is 3.73. The van der Waals surface area contributed by atoms with E-state index in [1.807, 2.05) is 18.7 Å². The number of aliphatic carboxylic acids is 2. The predicted molar refractivity (Wildman–Crippen MR) is 144 cm³/mol. The standard InChI is InChI=1S/C30H33NO8/c1-19-6-14-23(15-7-19)38-27(28(33)34)30(29(35)36,39-24-16-8-20(2)9-17-24)22-12-10-21(11-13-22)25(31(3)4)18-26(32)37-5/h6-17,25,27H,18H2,1-5H3,(H,33,34)(H,35,36). The van der Waals surface area contributed by atoms with E-state index in [4.69, 9.17) is 14.2 Å². The average Bonchev–Trinajstić information content (AvgIpc) is 2.91. The minimum atomic E-state index is -2.47. The van der Waals surface area contributed by atoms with Crippen LogP contribution in [-0.2, 0) is 24.7 Å². The molecule has 0 aliphatic rings. The van der Waals surface area contributed by atoms with Gasteiger partial charge in [0.05, 0.1) is 13.5 Å². The van der Waals surface area contributed by atoms with E-state index in [9.17, 15) is 24.6 Å². The molecule has 206 valence electrons. The smallest absolute Gasteiger partial charge is 0.357 e. The number of benzene rings is 3. The number of ether oxygens (including phenoxy) is 3. The van der Waals surface area contributed by atoms with Crippen molar-refractivity contribution in [1.29, 1.82) is 0 Å². The zero-order valence-corrected chi connectivity index (χ0v) is 22.6. The van der Waals surface area contributed by atoms with Gasteiger partial charge < -0.3 is 29.3 Å². The molecule has 0 saturated heterocycles. The van der Waals surface area contributed by atoms with Gasteiger partial charge in [0.1, 0.15) is 11.5 Å². The number of hydrogen-bond acceptors (Lipinski definition) is 7. The van der Waals surface area contributed by atoms with E-state index in [1.165, 1.54) is 19.2 Å². The highest BCUT2D eigenvalue weighted by Crippen LogP contribution is 2.36. The first-order valence-corrected chi connectivity index (χ1v) is 12.3. The van der Waals surface area contributed by atoms with Crippen molar-refractivity contribution in [3.8, 4) is 11.5 Å². The fraction of sp³-hybridized carbons (Fsp3) is 0.300. The van der Waals surface area contributed by atoms with E-state index in [2.05, 4.69) is 0 Å². The monoisotopic (exact) mass is 535 g/mol. The first kappa shape index (κ1) is 29.2. The quantitative estimate of drug-likeness (QED) is 0.326. The molecule has 0 radical (unpaired) electrons. The van der Waals surface area contributed by atoms with Gasteiger partial charge in [-0.05, 0) is 57.8 Å². The van der Waals surface area contributed by atoms with Crippen molar-refractivity contribution in [3.63, 3.8) is 0 Å². The lowest BCUT2D eigenvalue weighted by molar-refractivity contribution is -0.178. The second-order valence-corrected chi connectivity index (χ2v) is 9.49. The number of carboxylic acids is 2. The zero-order valence-electron chi connectivity index (χ0n) is 22.6. The Labute approximate surface area is 227 Å². The molecule has 0 aromatic heterocycles. The summed E-state index contributed by atoms with van der Waals surface area (Å²) in [5.41, 5.74) is 0.122. The van der Waals surface area contributed by atoms with E-state index >= 15 is 0 Å². The third-order valence-electron chi connectivity index (χ3n) is 6.42. The first-order chi connectivity index (χ1) is 18.5. The van der Waals surface area contributed by atoms with Crippen LogP contribution in [0.15, 0.2) is 72.8 Å². The number of hydrogen-bond donors (Lipinski definition) is 2. The summed E-state index contributed by atoms with van der Waals surface area (Å²) in [5, 5.41) is 20.9. The average molecular weight is 536 g/mol. The Morgan fingerprint density at radius 2 is 1.33 bits per heavy atom. The number of carbonyl (C=O) groups is 3. The molecule has 3 aromatic rings. The molecule has 3 aromatic carbocycles. The molecule has 0 aliphatic heterocycles. The molecule has 0 heterocycles. The Morgan fingerprint density at radius 3 is 1.77 bits per heavy atom. The Hall–Kier alpha value is -4.37. The lowest BCUT2D eigenvalue weighted by Crippen LogP contribution is -2.57. The maximum absolute atomic E-state index is 13.1. The van der Waals surface area contributed by atoms with Crippen molar-refractivity contribution in [2.45, 2.75) is 38.0 Å². The molecule has 3 atom stereocenters. The van der Waals surface area contributed by atoms with Crippen LogP contribution in [-0.4, -0.2) is 60.3 Å². The van der Waals surface area contributed by atoms with Crippen LogP contribution in [0.2, 0.25) is 0 Å². The largest absolute Gasteiger partial charge is 0.478 e. The fourth-order valence-electron chi connectivity index (χ4n) is 4.19. The molecule has 0 bridgehead atoms. The molecule has 0 fully saturated rings. The van der Waals surface area contributed by atoms with Crippen molar-refractivity contribution < 1.29 is 38.8 Å². The van der Waals surface area contributed by atoms with Gasteiger partial charge in [0.15, 0.2) is 0 Å². The maximum Gasteiger partial charge on any atom is 0.357 e. The molecule has 3 unspecified atom stereocenters. The maximum atomic E-state index is 13.1. The molecule has 2 N–H and O–H groups in total. The van der Waals surface area contributed by atoms with Crippen LogP contribution < -0.4 is 9.47 Å². The van der Waals surface area contributed by atoms with E-state index in [-0.39, 0.29) is 29.5 Å². The van der Waals surface area contributed by atoms with Crippen LogP contribution >= 0.6 is 0 Å². The van der Waals surface area contributed by atoms with Crippen molar-refractivity contribution in [2.24, 2.45) is 0 Å². The van der Waals surface area contributed by atoms with E-state index in [1.54, 1.807) is 74.8 Å². The van der Waals surface area contributed by atoms with Crippen LogP contribution in [0.3, 0.4) is 0 Å². The van der Waals surface area contributed by atoms with Gasteiger partial charge in [-0.2, -0.15) is 0 Å². The summed E-state index contributed by atoms with van der Waals surface area (Å²) in [4.78, 5) is 39.5. The van der Waals surface area contributed by atoms with Crippen LogP contribution in [0.1, 0.15) is 34.7 Å². The topological polar surface area (TPSA) is 123 Å². The Bertz CT molecular complexity index is 1290. The second-order valence-electron chi connectivity index (χ2n) is 9.49. The summed E-state index contributed by atoms with van der Waals surface area (Å²) in [6, 6.07) is 19.1. The summed E-state index contributed by atoms with van der Waals surface area (Å²) in [6.07, 6.45) is -1.90. The first-order valence-electron chi connectivity index (χ1n) is 12.3. The summed E-state index contributed by atoms with van der Waals surface area (Å²) in [7, 11) is 4.92. The number of aryl methyl sites for hydroxylation is 2. The number of esters is 1. The highest BCUT2D eigenvalue weighted by Gasteiger charge is 2.56. The SMILES string of the molecule is COC(=O)CC(c1ccc(C(Oc2ccc(C)cc2)(C(=O)O)C(Oc2ccc(C)cc2)C(=O)O)cc1)N(C)C. The number of carbonyl (C=O) groups excluding carboxylic acids is 1. The fourth-order valence-corrected chi connectivity index (χ4v) is 4.19. The molecule has 0 amide bonds. The minimum absolute atomic E-state index is 0.0504. The van der Waals surface area contributed by atoms with Crippen LogP contribution in [0.5, 0.6) is 11.5 Å². The molecular weight excluding hydrogens is 502 g/mol. The molecule has 3 rings (SSSR count). The molecular formula is C30H33NO8. The molecule has 9 heteroatoms. The van der Waals surface area contributed by atoms with Crippen LogP contribution in [0, 0.1) is 13.8 Å². The number of nitrogens with zero attached hydrogens (tertiary/aromatic N) is 1. The van der Waals surface area contributed by atoms with Crippen molar-refractivity contribution >= 4 is 17.9 Å². The number of methoxy groups -OCH3 is 1. The van der Waals surface area contributed by atoms with Gasteiger partial charge in [-0.3, -0.25) is 4.79 Å². The van der Waals surface area contributed by atoms with Crippen LogP contribution in [0.4, 0.5) is 0 Å². The highest BCUT2D eigenvalue weighted by molar-refractivity contribution is 5.89. The van der Waals surface area contributed by atoms with Gasteiger partial charge in [0.25, 0.3) is 5.60 Å². The normalized spacial score (nSPS) is 14.1. The summed E-state index contributed by atoms with van der Waals surface area (Å²) >= 11 is 0. The van der Waals surface area contributed by atoms with Gasteiger partial charge in [0, 0.05) is 11.6 Å². The summed E-state index contributed by atoms with van der Waals surface area (Å²) < 4.78 is 16.7. The zero-order chi connectivity index (χ0) is 28.7. The predicted octanol–water partition coefficient (Wildman–Crippen LogP) is 4.36. The Morgan fingerprint density at radius 1 is 0.821 bits per heavy atom. The molecule has 0 spiro atoms. The van der Waals surface area contributed by atoms with Gasteiger partial charge in [-0.1, -0.05) is 59.7 Å². The van der Waals surface area contributed by atoms with Gasteiger partial charge in [-0.25, -0.2) is 9.59 Å². The highest BCUT2D eigenvalue weighted by atomic mass is 16.6. The minimum Gasteiger partial charge on any atom is -0.478 e. The van der Waals surface area contributed by atoms with E-state index in [0.717, 1.165) is 11.1 Å². The van der Waals surface area contributed by atoms with E-state index in [0.29, 0.717) is 5.56 Å². The Kier molecular flexibility index (Phi) is 9.32. The van der Waals surface area contributed by atoms with Crippen molar-refractivity contribution in [2.75, 3.05) is 21.2 Å². The second kappa shape index (κ2) is 12.4. The number of rotatable bonds is 12. The molecule has 0 aliphatic carbocycles. The number of carboxylic acid groups (broad SMARTS) is 2. The third kappa shape index (κ3) is 6.74. The van der Waals surface area contributed by atoms with Gasteiger partial charge in [-0.15, -0.1) is 0 Å². The van der Waals surface area contributed by atoms with Gasteiger partial charge >= 0.3 is 17.9 Å². The van der Waals surface area contributed by atoms with E-state index < -0.39 is 29.6 Å². The third-order valence-corrected chi connectivity index (χ3v) is 6.42. The lowest BCUT2D eigenvalue weighted by Gasteiger charge is -2.35.